The van der Waals surface area contributed by atoms with Crippen LogP contribution in [0.5, 0.6) is 0 Å². The van der Waals surface area contributed by atoms with Crippen molar-refractivity contribution in [2.45, 2.75) is 37.8 Å². The van der Waals surface area contributed by atoms with Crippen molar-refractivity contribution >= 4 is 16.8 Å². The van der Waals surface area contributed by atoms with Gasteiger partial charge in [-0.25, -0.2) is 0 Å². The van der Waals surface area contributed by atoms with E-state index in [4.69, 9.17) is 0 Å². The van der Waals surface area contributed by atoms with Gasteiger partial charge in [0.25, 0.3) is 5.91 Å². The van der Waals surface area contributed by atoms with Gasteiger partial charge in [0.2, 0.25) is 0 Å². The molecule has 3 heterocycles. The number of nitrogens with one attached hydrogen (secondary N) is 1. The molecule has 4 nitrogen and oxygen atoms in total. The van der Waals surface area contributed by atoms with E-state index in [1.54, 1.807) is 0 Å². The summed E-state index contributed by atoms with van der Waals surface area (Å²) in [6, 6.07) is 19.1. The number of amides is 1. The summed E-state index contributed by atoms with van der Waals surface area (Å²) >= 11 is 0. The first-order valence-electron chi connectivity index (χ1n) is 10.6. The highest BCUT2D eigenvalue weighted by Gasteiger charge is 2.36. The molecule has 0 unspecified atom stereocenters. The Bertz CT molecular complexity index is 1050. The Morgan fingerprint density at radius 2 is 1.90 bits per heavy atom. The number of H-pyrrole nitrogens is 1. The van der Waals surface area contributed by atoms with Gasteiger partial charge in [-0.05, 0) is 56.1 Å². The number of likely N-dealkylation sites (N-methyl/N-ethyl adjacent to an activating group) is 1. The first kappa shape index (κ1) is 18.2. The van der Waals surface area contributed by atoms with Gasteiger partial charge in [-0.15, -0.1) is 0 Å². The molecule has 1 saturated heterocycles. The first-order chi connectivity index (χ1) is 14.2. The summed E-state index contributed by atoms with van der Waals surface area (Å²) in [6.45, 7) is 0.699. The lowest BCUT2D eigenvalue weighted by Gasteiger charge is -2.35. The van der Waals surface area contributed by atoms with Gasteiger partial charge in [-0.2, -0.15) is 0 Å². The molecule has 2 aliphatic heterocycles. The lowest BCUT2D eigenvalue weighted by molar-refractivity contribution is 0.0788. The number of aromatic amines is 1. The van der Waals surface area contributed by atoms with E-state index < -0.39 is 0 Å². The van der Waals surface area contributed by atoms with Crippen LogP contribution in [0.1, 0.15) is 35.2 Å². The number of carbonyl (C=O) groups is 1. The Morgan fingerprint density at radius 3 is 2.72 bits per heavy atom. The van der Waals surface area contributed by atoms with Gasteiger partial charge in [0, 0.05) is 53.4 Å². The van der Waals surface area contributed by atoms with E-state index in [2.05, 4.69) is 47.4 Å². The number of benzene rings is 2. The van der Waals surface area contributed by atoms with Crippen LogP contribution in [0.4, 0.5) is 0 Å². The molecular formula is C25H27N3O. The van der Waals surface area contributed by atoms with Crippen molar-refractivity contribution in [3.8, 4) is 0 Å². The maximum absolute atomic E-state index is 13.4. The van der Waals surface area contributed by atoms with Gasteiger partial charge in [0.05, 0.1) is 0 Å². The van der Waals surface area contributed by atoms with Gasteiger partial charge in [-0.1, -0.05) is 36.4 Å². The minimum absolute atomic E-state index is 0.112. The molecule has 2 atom stereocenters. The van der Waals surface area contributed by atoms with E-state index in [0.717, 1.165) is 23.9 Å². The second-order valence-corrected chi connectivity index (χ2v) is 8.26. The summed E-state index contributed by atoms with van der Waals surface area (Å²) in [4.78, 5) is 21.3. The second-order valence-electron chi connectivity index (χ2n) is 8.26. The third kappa shape index (κ3) is 3.38. The Kier molecular flexibility index (Phi) is 4.72. The van der Waals surface area contributed by atoms with E-state index in [0.29, 0.717) is 18.6 Å². The monoisotopic (exact) mass is 385 g/mol. The molecule has 0 radical (unpaired) electrons. The van der Waals surface area contributed by atoms with E-state index in [9.17, 15) is 4.79 Å². The van der Waals surface area contributed by atoms with Crippen LogP contribution in [0.15, 0.2) is 72.6 Å². The van der Waals surface area contributed by atoms with Crippen molar-refractivity contribution in [1.82, 2.24) is 14.8 Å². The van der Waals surface area contributed by atoms with Crippen molar-refractivity contribution in [3.63, 3.8) is 0 Å². The maximum atomic E-state index is 13.4. The highest BCUT2D eigenvalue weighted by atomic mass is 16.2. The van der Waals surface area contributed by atoms with Crippen LogP contribution >= 0.6 is 0 Å². The smallest absolute Gasteiger partial charge is 0.258 e. The zero-order valence-electron chi connectivity index (χ0n) is 16.8. The van der Waals surface area contributed by atoms with Crippen molar-refractivity contribution in [2.24, 2.45) is 0 Å². The zero-order chi connectivity index (χ0) is 19.8. The van der Waals surface area contributed by atoms with E-state index in [1.807, 2.05) is 41.3 Å². The van der Waals surface area contributed by atoms with E-state index in [1.165, 1.54) is 29.5 Å². The van der Waals surface area contributed by atoms with E-state index >= 15 is 0 Å². The molecule has 4 heteroatoms. The summed E-state index contributed by atoms with van der Waals surface area (Å²) in [5.74, 6) is 0.112. The average molecular weight is 386 g/mol. The molecule has 2 aromatic carbocycles. The summed E-state index contributed by atoms with van der Waals surface area (Å²) < 4.78 is 0. The number of aromatic nitrogens is 1. The molecule has 5 rings (SSSR count). The number of hydrogen-bond donors (Lipinski definition) is 1. The topological polar surface area (TPSA) is 39.3 Å². The predicted molar refractivity (Wildman–Crippen MR) is 117 cm³/mol. The number of rotatable bonds is 5. The zero-order valence-corrected chi connectivity index (χ0v) is 16.8. The Morgan fingerprint density at radius 1 is 1.10 bits per heavy atom. The molecular weight excluding hydrogens is 358 g/mol. The van der Waals surface area contributed by atoms with Crippen molar-refractivity contribution in [3.05, 3.63) is 83.7 Å². The number of hydrogen-bond acceptors (Lipinski definition) is 2. The third-order valence-corrected chi connectivity index (χ3v) is 6.62. The molecule has 148 valence electrons. The van der Waals surface area contributed by atoms with Crippen molar-refractivity contribution in [1.29, 1.82) is 0 Å². The number of para-hydroxylation sites is 1. The predicted octanol–water partition coefficient (Wildman–Crippen LogP) is 4.60. The first-order valence-corrected chi connectivity index (χ1v) is 10.6. The summed E-state index contributed by atoms with van der Waals surface area (Å²) in [6.07, 6.45) is 8.63. The molecule has 0 saturated carbocycles. The van der Waals surface area contributed by atoms with Crippen molar-refractivity contribution < 1.29 is 4.79 Å². The SMILES string of the molecule is CN1[C@H]2CC[C@@H]1C=C(N(CCc1c[nH]c3ccccc13)C(=O)c1ccccc1)C2. The summed E-state index contributed by atoms with van der Waals surface area (Å²) in [7, 11) is 2.21. The fraction of sp³-hybridized carbons (Fsp3) is 0.320. The minimum Gasteiger partial charge on any atom is -0.361 e. The molecule has 29 heavy (non-hydrogen) atoms. The van der Waals surface area contributed by atoms with Gasteiger partial charge in [0.1, 0.15) is 0 Å². The summed E-state index contributed by atoms with van der Waals surface area (Å²) in [5.41, 5.74) is 4.38. The van der Waals surface area contributed by atoms with Crippen molar-refractivity contribution in [2.75, 3.05) is 13.6 Å². The molecule has 1 N–H and O–H groups in total. The molecule has 0 spiro atoms. The number of carbonyl (C=O) groups excluding carboxylic acids is 1. The second kappa shape index (κ2) is 7.53. The van der Waals surface area contributed by atoms with Gasteiger partial charge in [0.15, 0.2) is 0 Å². The quantitative estimate of drug-likeness (QED) is 0.697. The van der Waals surface area contributed by atoms with Crippen LogP contribution < -0.4 is 0 Å². The largest absolute Gasteiger partial charge is 0.361 e. The van der Waals surface area contributed by atoms with Gasteiger partial charge in [-0.3, -0.25) is 9.69 Å². The Balaban J connectivity index is 1.44. The molecule has 1 aromatic heterocycles. The van der Waals surface area contributed by atoms with Crippen LogP contribution in [0.2, 0.25) is 0 Å². The highest BCUT2D eigenvalue weighted by Crippen LogP contribution is 2.35. The van der Waals surface area contributed by atoms with Crippen LogP contribution in [0, 0.1) is 0 Å². The third-order valence-electron chi connectivity index (χ3n) is 6.62. The average Bonchev–Trinajstić information content (AvgIpc) is 3.24. The molecule has 0 aliphatic carbocycles. The number of fused-ring (bicyclic) bond motifs is 3. The Hall–Kier alpha value is -2.85. The van der Waals surface area contributed by atoms with E-state index in [-0.39, 0.29) is 5.91 Å². The lowest BCUT2D eigenvalue weighted by atomic mass is 10.0. The minimum atomic E-state index is 0.112. The molecule has 1 fully saturated rings. The van der Waals surface area contributed by atoms with Crippen LogP contribution in [0.3, 0.4) is 0 Å². The standard InChI is InChI=1S/C25H27N3O/c1-27-20-11-12-21(27)16-22(15-20)28(25(29)18-7-3-2-4-8-18)14-13-19-17-26-24-10-6-5-9-23(19)24/h2-10,15,17,20-21,26H,11-14,16H2,1H3/t20-,21+/m1/s1. The Labute approximate surface area is 171 Å². The molecule has 2 aliphatic rings. The molecule has 1 amide bonds. The molecule has 3 aromatic rings. The normalized spacial score (nSPS) is 21.3. The lowest BCUT2D eigenvalue weighted by Crippen LogP contribution is -2.41. The fourth-order valence-electron chi connectivity index (χ4n) is 4.90. The van der Waals surface area contributed by atoms with Gasteiger partial charge >= 0.3 is 0 Å². The number of nitrogens with zero attached hydrogens (tertiary/aromatic N) is 2. The van der Waals surface area contributed by atoms with Gasteiger partial charge < -0.3 is 9.88 Å². The van der Waals surface area contributed by atoms with Crippen LogP contribution in [-0.4, -0.2) is 46.4 Å². The maximum Gasteiger partial charge on any atom is 0.258 e. The summed E-state index contributed by atoms with van der Waals surface area (Å²) in [5, 5.41) is 1.25. The highest BCUT2D eigenvalue weighted by molar-refractivity contribution is 5.95. The van der Waals surface area contributed by atoms with Crippen LogP contribution in [-0.2, 0) is 6.42 Å². The fourth-order valence-corrected chi connectivity index (χ4v) is 4.90. The molecule has 2 bridgehead atoms. The van der Waals surface area contributed by atoms with Crippen LogP contribution in [0.25, 0.3) is 10.9 Å².